The Morgan fingerprint density at radius 3 is 2.71 bits per heavy atom. The molecule has 0 radical (unpaired) electrons. The van der Waals surface area contributed by atoms with E-state index in [-0.39, 0.29) is 25.1 Å². The molecule has 0 spiro atoms. The third-order valence-corrected chi connectivity index (χ3v) is 3.15. The Hall–Kier alpha value is -1.84. The van der Waals surface area contributed by atoms with Gasteiger partial charge in [-0.1, -0.05) is 31.6 Å². The maximum absolute atomic E-state index is 9.19. The molecule has 6 heteroatoms. The van der Waals surface area contributed by atoms with Crippen molar-refractivity contribution in [1.82, 2.24) is 9.97 Å². The summed E-state index contributed by atoms with van der Waals surface area (Å²) < 4.78 is 0. The molecule has 1 heterocycles. The van der Waals surface area contributed by atoms with Crippen LogP contribution >= 0.6 is 0 Å². The number of aryl methyl sites for hydroxylation is 1. The molecule has 6 N–H and O–H groups in total. The average Bonchev–Trinajstić information content (AvgIpc) is 2.44. The van der Waals surface area contributed by atoms with Gasteiger partial charge in [-0.05, 0) is 19.8 Å². The molecule has 1 rings (SSSR count). The first kappa shape index (κ1) is 17.2. The first-order valence-electron chi connectivity index (χ1n) is 7.32. The number of aliphatic hydroxyl groups excluding tert-OH is 1. The first-order valence-corrected chi connectivity index (χ1v) is 7.32. The van der Waals surface area contributed by atoms with Crippen LogP contribution in [0.25, 0.3) is 0 Å². The van der Waals surface area contributed by atoms with E-state index in [1.54, 1.807) is 0 Å². The van der Waals surface area contributed by atoms with Gasteiger partial charge < -0.3 is 21.9 Å². The Balaban J connectivity index is 3.02. The third kappa shape index (κ3) is 5.58. The molecule has 116 valence electrons. The minimum atomic E-state index is 0.130. The van der Waals surface area contributed by atoms with Crippen LogP contribution in [-0.4, -0.2) is 34.3 Å². The fourth-order valence-corrected chi connectivity index (χ4v) is 2.08. The molecule has 0 unspecified atom stereocenters. The van der Waals surface area contributed by atoms with Gasteiger partial charge in [0.15, 0.2) is 0 Å². The van der Waals surface area contributed by atoms with Crippen LogP contribution in [0.3, 0.4) is 0 Å². The number of nitrogens with zero attached hydrogens (tertiary/aromatic N) is 2. The van der Waals surface area contributed by atoms with Crippen LogP contribution in [0.2, 0.25) is 0 Å². The summed E-state index contributed by atoms with van der Waals surface area (Å²) in [5.41, 5.74) is 12.6. The second kappa shape index (κ2) is 9.16. The van der Waals surface area contributed by atoms with Gasteiger partial charge >= 0.3 is 0 Å². The predicted octanol–water partition coefficient (Wildman–Crippen LogP) is 1.03. The fourth-order valence-electron chi connectivity index (χ4n) is 2.08. The summed E-state index contributed by atoms with van der Waals surface area (Å²) in [4.78, 5) is 8.38. The Kier molecular flexibility index (Phi) is 7.51. The summed E-state index contributed by atoms with van der Waals surface area (Å²) in [6, 6.07) is 0.141. The Bertz CT molecular complexity index is 507. The van der Waals surface area contributed by atoms with E-state index in [1.807, 2.05) is 6.92 Å². The summed E-state index contributed by atoms with van der Waals surface area (Å²) in [6.45, 7) is 4.39. The maximum Gasteiger partial charge on any atom is 0.222 e. The van der Waals surface area contributed by atoms with E-state index in [0.29, 0.717) is 17.8 Å². The second-order valence-electron chi connectivity index (χ2n) is 4.89. The minimum absolute atomic E-state index is 0.130. The minimum Gasteiger partial charge on any atom is -0.396 e. The number of unbranched alkanes of at least 4 members (excludes halogenated alkanes) is 1. The molecule has 1 aromatic rings. The molecule has 0 bridgehead atoms. The summed E-state index contributed by atoms with van der Waals surface area (Å²) in [5, 5.41) is 12.5. The van der Waals surface area contributed by atoms with Gasteiger partial charge in [0.25, 0.3) is 0 Å². The number of nitrogens with two attached hydrogens (primary N) is 2. The van der Waals surface area contributed by atoms with E-state index >= 15 is 0 Å². The van der Waals surface area contributed by atoms with E-state index in [9.17, 15) is 5.11 Å². The van der Waals surface area contributed by atoms with Crippen LogP contribution in [0.5, 0.6) is 0 Å². The summed E-state index contributed by atoms with van der Waals surface area (Å²) in [7, 11) is 0. The summed E-state index contributed by atoms with van der Waals surface area (Å²) in [5.74, 6) is 6.65. The highest BCUT2D eigenvalue weighted by Crippen LogP contribution is 2.19. The molecule has 21 heavy (non-hydrogen) atoms. The van der Waals surface area contributed by atoms with Crippen LogP contribution in [0.15, 0.2) is 0 Å². The second-order valence-corrected chi connectivity index (χ2v) is 4.89. The van der Waals surface area contributed by atoms with Crippen molar-refractivity contribution in [2.24, 2.45) is 5.73 Å². The molecule has 1 aromatic heterocycles. The summed E-state index contributed by atoms with van der Waals surface area (Å²) >= 11 is 0. The van der Waals surface area contributed by atoms with Crippen LogP contribution < -0.4 is 16.8 Å². The maximum atomic E-state index is 9.19. The van der Waals surface area contributed by atoms with Crippen molar-refractivity contribution in [1.29, 1.82) is 0 Å². The van der Waals surface area contributed by atoms with Gasteiger partial charge in [-0.25, -0.2) is 4.98 Å². The molecule has 6 nitrogen and oxygen atoms in total. The number of aromatic nitrogens is 2. The van der Waals surface area contributed by atoms with E-state index in [2.05, 4.69) is 34.0 Å². The number of rotatable bonds is 7. The molecule has 0 saturated carbocycles. The van der Waals surface area contributed by atoms with Crippen molar-refractivity contribution >= 4 is 11.8 Å². The van der Waals surface area contributed by atoms with Crippen molar-refractivity contribution in [2.75, 3.05) is 24.2 Å². The normalized spacial score (nSPS) is 11.6. The zero-order valence-corrected chi connectivity index (χ0v) is 12.8. The van der Waals surface area contributed by atoms with Gasteiger partial charge in [0.05, 0.1) is 17.8 Å². The van der Waals surface area contributed by atoms with Crippen molar-refractivity contribution in [3.8, 4) is 11.8 Å². The standard InChI is InChI=1S/C15H25N5O/c1-3-4-6-12(8-10-21)19-14-13(7-5-9-16)11(2)18-15(17)20-14/h12,21H,3-4,6,8-10,16H2,1-2H3,(H3,17,18,19,20)/t12-/m0/s1. The van der Waals surface area contributed by atoms with Crippen molar-refractivity contribution in [2.45, 2.75) is 45.6 Å². The first-order chi connectivity index (χ1) is 10.1. The highest BCUT2D eigenvalue weighted by molar-refractivity contribution is 5.58. The van der Waals surface area contributed by atoms with Crippen molar-refractivity contribution in [3.63, 3.8) is 0 Å². The number of anilines is 2. The van der Waals surface area contributed by atoms with Gasteiger partial charge in [0.2, 0.25) is 5.95 Å². The Morgan fingerprint density at radius 2 is 2.10 bits per heavy atom. The van der Waals surface area contributed by atoms with Gasteiger partial charge in [0, 0.05) is 12.6 Å². The van der Waals surface area contributed by atoms with E-state index in [1.165, 1.54) is 0 Å². The molecule has 0 aliphatic carbocycles. The van der Waals surface area contributed by atoms with Crippen molar-refractivity contribution in [3.05, 3.63) is 11.3 Å². The number of nitrogens with one attached hydrogen (secondary N) is 1. The zero-order valence-electron chi connectivity index (χ0n) is 12.8. The van der Waals surface area contributed by atoms with E-state index < -0.39 is 0 Å². The smallest absolute Gasteiger partial charge is 0.222 e. The van der Waals surface area contributed by atoms with Gasteiger partial charge in [-0.15, -0.1) is 0 Å². The van der Waals surface area contributed by atoms with Crippen LogP contribution in [0, 0.1) is 18.8 Å². The molecule has 0 fully saturated rings. The molecule has 0 aliphatic rings. The van der Waals surface area contributed by atoms with Crippen LogP contribution in [0.1, 0.15) is 43.9 Å². The quantitative estimate of drug-likeness (QED) is 0.559. The van der Waals surface area contributed by atoms with Crippen LogP contribution in [0.4, 0.5) is 11.8 Å². The van der Waals surface area contributed by atoms with Gasteiger partial charge in [-0.2, -0.15) is 4.98 Å². The lowest BCUT2D eigenvalue weighted by atomic mass is 10.1. The predicted molar refractivity (Wildman–Crippen MR) is 85.8 cm³/mol. The molecule has 1 atom stereocenters. The van der Waals surface area contributed by atoms with Gasteiger partial charge in [0.1, 0.15) is 5.82 Å². The lowest BCUT2D eigenvalue weighted by molar-refractivity contribution is 0.276. The van der Waals surface area contributed by atoms with Crippen LogP contribution in [-0.2, 0) is 0 Å². The Morgan fingerprint density at radius 1 is 1.33 bits per heavy atom. The molecule has 0 saturated heterocycles. The fraction of sp³-hybridized carbons (Fsp3) is 0.600. The van der Waals surface area contributed by atoms with Gasteiger partial charge in [-0.3, -0.25) is 0 Å². The largest absolute Gasteiger partial charge is 0.396 e. The molecule has 0 aromatic carbocycles. The topological polar surface area (TPSA) is 110 Å². The third-order valence-electron chi connectivity index (χ3n) is 3.15. The zero-order chi connectivity index (χ0) is 15.7. The highest BCUT2D eigenvalue weighted by Gasteiger charge is 2.14. The number of aliphatic hydroxyl groups is 1. The summed E-state index contributed by atoms with van der Waals surface area (Å²) in [6.07, 6.45) is 3.81. The van der Waals surface area contributed by atoms with Crippen molar-refractivity contribution < 1.29 is 5.11 Å². The lowest BCUT2D eigenvalue weighted by Crippen LogP contribution is -2.23. The number of nitrogen functional groups attached to an aromatic ring is 1. The number of hydrogen-bond acceptors (Lipinski definition) is 6. The van der Waals surface area contributed by atoms with E-state index in [4.69, 9.17) is 11.5 Å². The molecular weight excluding hydrogens is 266 g/mol. The average molecular weight is 291 g/mol. The SMILES string of the molecule is CCCC[C@@H](CCO)Nc1nc(N)nc(C)c1C#CCN. The molecule has 0 amide bonds. The lowest BCUT2D eigenvalue weighted by Gasteiger charge is -2.19. The Labute approximate surface area is 126 Å². The number of hydrogen-bond donors (Lipinski definition) is 4. The monoisotopic (exact) mass is 291 g/mol. The van der Waals surface area contributed by atoms with E-state index in [0.717, 1.165) is 25.0 Å². The molecule has 0 aliphatic heterocycles. The molecular formula is C15H25N5O. The highest BCUT2D eigenvalue weighted by atomic mass is 16.3.